The zero-order valence-electron chi connectivity index (χ0n) is 9.80. The van der Waals surface area contributed by atoms with Crippen molar-refractivity contribution in [3.8, 4) is 0 Å². The molecule has 0 saturated heterocycles. The Balaban J connectivity index is 1.88. The Morgan fingerprint density at radius 3 is 2.82 bits per heavy atom. The quantitative estimate of drug-likeness (QED) is 0.833. The molecule has 0 unspecified atom stereocenters. The summed E-state index contributed by atoms with van der Waals surface area (Å²) in [4.78, 5) is 18.0. The van der Waals surface area contributed by atoms with E-state index < -0.39 is 11.5 Å². The van der Waals surface area contributed by atoms with Crippen LogP contribution in [0.15, 0.2) is 12.4 Å². The molecular formula is C12H17N3O2. The number of rotatable bonds is 2. The number of carbonyl (C=O) groups is 1. The highest BCUT2D eigenvalue weighted by atomic mass is 16.4. The molecule has 1 aromatic heterocycles. The van der Waals surface area contributed by atoms with Crippen LogP contribution in [0.5, 0.6) is 0 Å². The first-order valence-electron chi connectivity index (χ1n) is 6.21. The Bertz CT molecular complexity index is 435. The normalized spacial score (nSPS) is 23.5. The molecule has 1 aromatic rings. The maximum atomic E-state index is 11.6. The van der Waals surface area contributed by atoms with E-state index in [0.717, 1.165) is 44.6 Å². The fourth-order valence-corrected chi connectivity index (χ4v) is 3.16. The van der Waals surface area contributed by atoms with Gasteiger partial charge in [-0.15, -0.1) is 0 Å². The van der Waals surface area contributed by atoms with Gasteiger partial charge in [-0.1, -0.05) is 12.8 Å². The van der Waals surface area contributed by atoms with Crippen molar-refractivity contribution < 1.29 is 9.90 Å². The highest BCUT2D eigenvalue weighted by Gasteiger charge is 2.47. The zero-order valence-corrected chi connectivity index (χ0v) is 9.80. The van der Waals surface area contributed by atoms with E-state index in [1.54, 1.807) is 6.20 Å². The largest absolute Gasteiger partial charge is 0.480 e. The first-order valence-corrected chi connectivity index (χ1v) is 6.21. The molecule has 92 valence electrons. The van der Waals surface area contributed by atoms with Crippen LogP contribution in [-0.2, 0) is 17.9 Å². The number of imidazole rings is 1. The van der Waals surface area contributed by atoms with Crippen molar-refractivity contribution in [2.45, 2.75) is 44.3 Å². The Labute approximate surface area is 100 Å². The van der Waals surface area contributed by atoms with E-state index in [1.807, 2.05) is 6.20 Å². The number of hydrogen-bond acceptors (Lipinski definition) is 3. The van der Waals surface area contributed by atoms with Crippen molar-refractivity contribution in [2.75, 3.05) is 6.54 Å². The molecule has 0 amide bonds. The Morgan fingerprint density at radius 2 is 2.12 bits per heavy atom. The second-order valence-corrected chi connectivity index (χ2v) is 5.00. The molecule has 1 fully saturated rings. The molecule has 2 aliphatic rings. The van der Waals surface area contributed by atoms with Gasteiger partial charge in [0.15, 0.2) is 0 Å². The molecule has 0 spiro atoms. The third kappa shape index (κ3) is 1.57. The second-order valence-electron chi connectivity index (χ2n) is 5.00. The summed E-state index contributed by atoms with van der Waals surface area (Å²) in [6.45, 7) is 2.33. The Hall–Kier alpha value is -1.36. The number of hydrogen-bond donors (Lipinski definition) is 1. The molecule has 1 saturated carbocycles. The first-order chi connectivity index (χ1) is 8.22. The van der Waals surface area contributed by atoms with Crippen LogP contribution in [0.3, 0.4) is 0 Å². The Kier molecular flexibility index (Phi) is 2.43. The average Bonchev–Trinajstić information content (AvgIpc) is 2.97. The van der Waals surface area contributed by atoms with Crippen LogP contribution in [0.2, 0.25) is 0 Å². The van der Waals surface area contributed by atoms with E-state index in [2.05, 4.69) is 14.5 Å². The van der Waals surface area contributed by atoms with Gasteiger partial charge in [0.25, 0.3) is 0 Å². The minimum absolute atomic E-state index is 0.628. The van der Waals surface area contributed by atoms with Gasteiger partial charge in [0, 0.05) is 25.5 Å². The van der Waals surface area contributed by atoms with Crippen molar-refractivity contribution in [1.82, 2.24) is 14.5 Å². The highest BCUT2D eigenvalue weighted by Crippen LogP contribution is 2.37. The lowest BCUT2D eigenvalue weighted by atomic mass is 9.94. The smallest absolute Gasteiger partial charge is 0.324 e. The number of nitrogens with zero attached hydrogens (tertiary/aromatic N) is 3. The number of carboxylic acid groups (broad SMARTS) is 1. The van der Waals surface area contributed by atoms with Gasteiger partial charge in [0.05, 0.1) is 6.54 Å². The molecule has 0 atom stereocenters. The monoisotopic (exact) mass is 235 g/mol. The summed E-state index contributed by atoms with van der Waals surface area (Å²) in [5.41, 5.74) is -0.628. The topological polar surface area (TPSA) is 58.4 Å². The lowest BCUT2D eigenvalue weighted by Gasteiger charge is -2.40. The van der Waals surface area contributed by atoms with E-state index >= 15 is 0 Å². The third-order valence-corrected chi connectivity index (χ3v) is 4.18. The van der Waals surface area contributed by atoms with Gasteiger partial charge in [-0.2, -0.15) is 0 Å². The fraction of sp³-hybridized carbons (Fsp3) is 0.667. The van der Waals surface area contributed by atoms with Gasteiger partial charge < -0.3 is 9.67 Å². The molecule has 3 rings (SSSR count). The standard InChI is InChI=1S/C12H17N3O2/c16-11(17)12(3-1-2-4-12)15-8-7-14-6-5-13-10(14)9-15/h5-6H,1-4,7-9H2,(H,16,17). The molecule has 0 aromatic carbocycles. The summed E-state index contributed by atoms with van der Waals surface area (Å²) in [7, 11) is 0. The van der Waals surface area contributed by atoms with Crippen LogP contribution < -0.4 is 0 Å². The molecule has 0 bridgehead atoms. The Morgan fingerprint density at radius 1 is 1.35 bits per heavy atom. The molecule has 1 aliphatic carbocycles. The lowest BCUT2D eigenvalue weighted by molar-refractivity contribution is -0.152. The van der Waals surface area contributed by atoms with Crippen molar-refractivity contribution in [3.05, 3.63) is 18.2 Å². The van der Waals surface area contributed by atoms with Crippen LogP contribution in [0.25, 0.3) is 0 Å². The number of aromatic nitrogens is 2. The number of carboxylic acids is 1. The predicted octanol–water partition coefficient (Wildman–Crippen LogP) is 1.10. The molecule has 1 N–H and O–H groups in total. The highest BCUT2D eigenvalue weighted by molar-refractivity contribution is 5.79. The first kappa shape index (κ1) is 10.8. The van der Waals surface area contributed by atoms with Gasteiger partial charge >= 0.3 is 5.97 Å². The van der Waals surface area contributed by atoms with Crippen LogP contribution >= 0.6 is 0 Å². The molecule has 5 nitrogen and oxygen atoms in total. The van der Waals surface area contributed by atoms with Crippen molar-refractivity contribution in [1.29, 1.82) is 0 Å². The molecule has 2 heterocycles. The lowest BCUT2D eigenvalue weighted by Crippen LogP contribution is -2.55. The number of fused-ring (bicyclic) bond motifs is 1. The minimum Gasteiger partial charge on any atom is -0.480 e. The van der Waals surface area contributed by atoms with Crippen LogP contribution in [0.1, 0.15) is 31.5 Å². The van der Waals surface area contributed by atoms with Crippen molar-refractivity contribution in [3.63, 3.8) is 0 Å². The van der Waals surface area contributed by atoms with Gasteiger partial charge in [-0.3, -0.25) is 9.69 Å². The molecule has 1 aliphatic heterocycles. The summed E-state index contributed by atoms with van der Waals surface area (Å²) in [6.07, 6.45) is 7.37. The zero-order chi connectivity index (χ0) is 11.9. The molecular weight excluding hydrogens is 218 g/mol. The summed E-state index contributed by atoms with van der Waals surface area (Å²) in [5, 5.41) is 9.55. The summed E-state index contributed by atoms with van der Waals surface area (Å²) in [5.74, 6) is 0.332. The number of aliphatic carboxylic acids is 1. The van der Waals surface area contributed by atoms with E-state index in [9.17, 15) is 9.90 Å². The fourth-order valence-electron chi connectivity index (χ4n) is 3.16. The maximum absolute atomic E-state index is 11.6. The van der Waals surface area contributed by atoms with E-state index in [-0.39, 0.29) is 0 Å². The van der Waals surface area contributed by atoms with Crippen LogP contribution in [-0.4, -0.2) is 37.6 Å². The summed E-state index contributed by atoms with van der Waals surface area (Å²) in [6, 6.07) is 0. The third-order valence-electron chi connectivity index (χ3n) is 4.18. The molecule has 17 heavy (non-hydrogen) atoms. The van der Waals surface area contributed by atoms with Crippen molar-refractivity contribution in [2.24, 2.45) is 0 Å². The van der Waals surface area contributed by atoms with Gasteiger partial charge in [0.2, 0.25) is 0 Å². The molecule has 0 radical (unpaired) electrons. The van der Waals surface area contributed by atoms with Gasteiger partial charge in [-0.25, -0.2) is 4.98 Å². The second kappa shape index (κ2) is 3.84. The maximum Gasteiger partial charge on any atom is 0.324 e. The van der Waals surface area contributed by atoms with Crippen LogP contribution in [0.4, 0.5) is 0 Å². The van der Waals surface area contributed by atoms with E-state index in [1.165, 1.54) is 0 Å². The van der Waals surface area contributed by atoms with Crippen molar-refractivity contribution >= 4 is 5.97 Å². The average molecular weight is 235 g/mol. The predicted molar refractivity (Wildman–Crippen MR) is 61.5 cm³/mol. The van der Waals surface area contributed by atoms with Crippen LogP contribution in [0, 0.1) is 0 Å². The SMILES string of the molecule is O=C(O)C1(N2CCn3ccnc3C2)CCCC1. The summed E-state index contributed by atoms with van der Waals surface area (Å²) < 4.78 is 2.11. The minimum atomic E-state index is -0.657. The van der Waals surface area contributed by atoms with Gasteiger partial charge in [0.1, 0.15) is 11.4 Å². The van der Waals surface area contributed by atoms with E-state index in [0.29, 0.717) is 6.54 Å². The van der Waals surface area contributed by atoms with Gasteiger partial charge in [-0.05, 0) is 12.8 Å². The molecule has 5 heteroatoms. The summed E-state index contributed by atoms with van der Waals surface area (Å²) >= 11 is 0. The van der Waals surface area contributed by atoms with E-state index in [4.69, 9.17) is 0 Å².